The van der Waals surface area contributed by atoms with Crippen LogP contribution in [0.4, 0.5) is 0 Å². The highest BCUT2D eigenvalue weighted by Crippen LogP contribution is 2.13. The molecule has 0 atom stereocenters. The van der Waals surface area contributed by atoms with E-state index in [4.69, 9.17) is 0 Å². The Morgan fingerprint density at radius 1 is 1.47 bits per heavy atom. The Hall–Kier alpha value is -1.42. The highest BCUT2D eigenvalue weighted by Gasteiger charge is 2.29. The first-order chi connectivity index (χ1) is 7.98. The molecule has 92 valence electrons. The molecule has 1 aliphatic heterocycles. The number of nitrogens with one attached hydrogen (secondary N) is 1. The lowest BCUT2D eigenvalue weighted by Gasteiger charge is -2.38. The normalized spacial score (nSPS) is 19.1. The van der Waals surface area contributed by atoms with Crippen LogP contribution in [-0.4, -0.2) is 41.0 Å². The molecule has 0 radical (unpaired) electrons. The van der Waals surface area contributed by atoms with Crippen molar-refractivity contribution in [1.29, 1.82) is 0 Å². The fraction of sp³-hybridized carbons (Fsp3) is 0.538. The molecule has 1 aromatic heterocycles. The number of carbonyl (C=O) groups excluding carboxylic acids is 1. The summed E-state index contributed by atoms with van der Waals surface area (Å²) in [5, 5.41) is 3.39. The predicted octanol–water partition coefficient (Wildman–Crippen LogP) is 1.21. The van der Waals surface area contributed by atoms with E-state index in [1.807, 2.05) is 24.0 Å². The van der Waals surface area contributed by atoms with Crippen molar-refractivity contribution in [3.63, 3.8) is 0 Å². The Balaban J connectivity index is 2.15. The minimum atomic E-state index is -0.0161. The number of rotatable bonds is 1. The van der Waals surface area contributed by atoms with Crippen LogP contribution in [-0.2, 0) is 0 Å². The summed E-state index contributed by atoms with van der Waals surface area (Å²) in [6.45, 7) is 8.43. The highest BCUT2D eigenvalue weighted by atomic mass is 16.2. The van der Waals surface area contributed by atoms with Crippen LogP contribution in [0.15, 0.2) is 18.2 Å². The molecule has 1 saturated heterocycles. The third kappa shape index (κ3) is 2.82. The van der Waals surface area contributed by atoms with E-state index in [0.717, 1.165) is 25.3 Å². The molecular formula is C13H19N3O. The van der Waals surface area contributed by atoms with Gasteiger partial charge in [-0.3, -0.25) is 4.79 Å². The lowest BCUT2D eigenvalue weighted by atomic mass is 10.0. The number of piperazine rings is 1. The van der Waals surface area contributed by atoms with E-state index in [0.29, 0.717) is 5.69 Å². The minimum absolute atomic E-state index is 0.0161. The van der Waals surface area contributed by atoms with Crippen LogP contribution < -0.4 is 5.32 Å². The van der Waals surface area contributed by atoms with Gasteiger partial charge in [0.1, 0.15) is 5.69 Å². The van der Waals surface area contributed by atoms with Gasteiger partial charge in [-0.05, 0) is 32.9 Å². The van der Waals surface area contributed by atoms with Crippen LogP contribution in [0.2, 0.25) is 0 Å². The van der Waals surface area contributed by atoms with E-state index in [9.17, 15) is 4.79 Å². The van der Waals surface area contributed by atoms with Gasteiger partial charge in [0.2, 0.25) is 0 Å². The van der Waals surface area contributed by atoms with Gasteiger partial charge in [-0.1, -0.05) is 6.07 Å². The van der Waals surface area contributed by atoms with Crippen LogP contribution in [0, 0.1) is 6.92 Å². The monoisotopic (exact) mass is 233 g/mol. The van der Waals surface area contributed by atoms with Crippen LogP contribution in [0.25, 0.3) is 0 Å². The first-order valence-corrected chi connectivity index (χ1v) is 5.96. The summed E-state index contributed by atoms with van der Waals surface area (Å²) < 4.78 is 0. The third-order valence-corrected chi connectivity index (χ3v) is 2.97. The Morgan fingerprint density at radius 2 is 2.24 bits per heavy atom. The van der Waals surface area contributed by atoms with Crippen molar-refractivity contribution < 1.29 is 4.79 Å². The molecule has 1 aromatic rings. The molecule has 2 rings (SSSR count). The molecule has 1 fully saturated rings. The Kier molecular flexibility index (Phi) is 3.15. The number of aromatic nitrogens is 1. The smallest absolute Gasteiger partial charge is 0.272 e. The fourth-order valence-electron chi connectivity index (χ4n) is 2.14. The fourth-order valence-corrected chi connectivity index (χ4v) is 2.14. The average Bonchev–Trinajstić information content (AvgIpc) is 2.26. The maximum atomic E-state index is 12.3. The summed E-state index contributed by atoms with van der Waals surface area (Å²) in [6.07, 6.45) is 0. The van der Waals surface area contributed by atoms with Crippen molar-refractivity contribution in [2.45, 2.75) is 26.3 Å². The SMILES string of the molecule is Cc1cccc(C(=O)N2CCNC(C)(C)C2)n1. The number of pyridine rings is 1. The lowest BCUT2D eigenvalue weighted by Crippen LogP contribution is -2.58. The molecule has 1 amide bonds. The number of nitrogens with zero attached hydrogens (tertiary/aromatic N) is 2. The first kappa shape index (κ1) is 12.0. The zero-order valence-electron chi connectivity index (χ0n) is 10.7. The van der Waals surface area contributed by atoms with Crippen molar-refractivity contribution in [2.75, 3.05) is 19.6 Å². The Labute approximate surface area is 102 Å². The van der Waals surface area contributed by atoms with Crippen LogP contribution in [0.5, 0.6) is 0 Å². The second kappa shape index (κ2) is 4.45. The molecule has 1 N–H and O–H groups in total. The first-order valence-electron chi connectivity index (χ1n) is 5.96. The number of hydrogen-bond donors (Lipinski definition) is 1. The van der Waals surface area contributed by atoms with Crippen LogP contribution in [0.1, 0.15) is 30.0 Å². The van der Waals surface area contributed by atoms with Gasteiger partial charge in [-0.2, -0.15) is 0 Å². The van der Waals surface area contributed by atoms with E-state index in [1.54, 1.807) is 6.07 Å². The van der Waals surface area contributed by atoms with Crippen molar-refractivity contribution in [2.24, 2.45) is 0 Å². The molecule has 4 heteroatoms. The van der Waals surface area contributed by atoms with E-state index in [-0.39, 0.29) is 11.4 Å². The standard InChI is InChI=1S/C13H19N3O/c1-10-5-4-6-11(15-10)12(17)16-8-7-14-13(2,3)9-16/h4-6,14H,7-9H2,1-3H3. The second-order valence-corrected chi connectivity index (χ2v) is 5.20. The number of amides is 1. The average molecular weight is 233 g/mol. The van der Waals surface area contributed by atoms with E-state index in [2.05, 4.69) is 24.1 Å². The van der Waals surface area contributed by atoms with Crippen molar-refractivity contribution in [3.8, 4) is 0 Å². The number of aryl methyl sites for hydroxylation is 1. The highest BCUT2D eigenvalue weighted by molar-refractivity contribution is 5.92. The molecule has 0 aromatic carbocycles. The van der Waals surface area contributed by atoms with Gasteiger partial charge in [0.05, 0.1) is 0 Å². The van der Waals surface area contributed by atoms with E-state index in [1.165, 1.54) is 0 Å². The Morgan fingerprint density at radius 3 is 2.88 bits per heavy atom. The van der Waals surface area contributed by atoms with Gasteiger partial charge >= 0.3 is 0 Å². The molecular weight excluding hydrogens is 214 g/mol. The predicted molar refractivity (Wildman–Crippen MR) is 67.0 cm³/mol. The molecule has 0 saturated carbocycles. The molecule has 0 bridgehead atoms. The van der Waals surface area contributed by atoms with E-state index < -0.39 is 0 Å². The molecule has 1 aliphatic rings. The Bertz CT molecular complexity index is 428. The van der Waals surface area contributed by atoms with Crippen molar-refractivity contribution in [3.05, 3.63) is 29.6 Å². The van der Waals surface area contributed by atoms with Gasteiger partial charge < -0.3 is 10.2 Å². The molecule has 0 unspecified atom stereocenters. The largest absolute Gasteiger partial charge is 0.334 e. The maximum absolute atomic E-state index is 12.3. The van der Waals surface area contributed by atoms with Crippen LogP contribution in [0.3, 0.4) is 0 Å². The van der Waals surface area contributed by atoms with Crippen molar-refractivity contribution >= 4 is 5.91 Å². The van der Waals surface area contributed by atoms with Gasteiger partial charge in [0, 0.05) is 30.9 Å². The maximum Gasteiger partial charge on any atom is 0.272 e. The van der Waals surface area contributed by atoms with Crippen molar-refractivity contribution in [1.82, 2.24) is 15.2 Å². The molecule has 4 nitrogen and oxygen atoms in total. The van der Waals surface area contributed by atoms with Gasteiger partial charge in [0.25, 0.3) is 5.91 Å². The second-order valence-electron chi connectivity index (χ2n) is 5.20. The summed E-state index contributed by atoms with van der Waals surface area (Å²) in [5.74, 6) is 0.0308. The minimum Gasteiger partial charge on any atom is -0.334 e. The summed E-state index contributed by atoms with van der Waals surface area (Å²) in [5.41, 5.74) is 1.41. The molecule has 0 aliphatic carbocycles. The quantitative estimate of drug-likeness (QED) is 0.793. The van der Waals surface area contributed by atoms with Gasteiger partial charge in [-0.25, -0.2) is 4.98 Å². The van der Waals surface area contributed by atoms with E-state index >= 15 is 0 Å². The van der Waals surface area contributed by atoms with Gasteiger partial charge in [-0.15, -0.1) is 0 Å². The summed E-state index contributed by atoms with van der Waals surface area (Å²) in [6, 6.07) is 5.56. The number of carbonyl (C=O) groups is 1. The van der Waals surface area contributed by atoms with Gasteiger partial charge in [0.15, 0.2) is 0 Å². The van der Waals surface area contributed by atoms with Crippen LogP contribution >= 0.6 is 0 Å². The molecule has 17 heavy (non-hydrogen) atoms. The lowest BCUT2D eigenvalue weighted by molar-refractivity contribution is 0.0646. The topological polar surface area (TPSA) is 45.2 Å². The summed E-state index contributed by atoms with van der Waals surface area (Å²) in [4.78, 5) is 18.4. The zero-order valence-corrected chi connectivity index (χ0v) is 10.7. The molecule has 0 spiro atoms. The number of hydrogen-bond acceptors (Lipinski definition) is 3. The molecule has 2 heterocycles. The third-order valence-electron chi connectivity index (χ3n) is 2.97. The zero-order chi connectivity index (χ0) is 12.5. The summed E-state index contributed by atoms with van der Waals surface area (Å²) >= 11 is 0. The summed E-state index contributed by atoms with van der Waals surface area (Å²) in [7, 11) is 0.